The van der Waals surface area contributed by atoms with Crippen LogP contribution in [0.1, 0.15) is 107 Å². The zero-order valence-electron chi connectivity index (χ0n) is 21.9. The van der Waals surface area contributed by atoms with Crippen molar-refractivity contribution in [3.8, 4) is 0 Å². The Labute approximate surface area is 208 Å². The second kappa shape index (κ2) is 14.1. The maximum atomic E-state index is 3.62. The largest absolute Gasteiger partial charge is 0.258 e. The lowest BCUT2D eigenvalue weighted by Gasteiger charge is -2.37. The zero-order valence-corrected chi connectivity index (χ0v) is 21.9. The Balaban J connectivity index is 1.69. The van der Waals surface area contributed by atoms with Crippen LogP contribution < -0.4 is 4.57 Å². The third-order valence-corrected chi connectivity index (χ3v) is 7.70. The van der Waals surface area contributed by atoms with E-state index in [1.165, 1.54) is 87.6 Å². The summed E-state index contributed by atoms with van der Waals surface area (Å²) in [5.74, 6) is 1.78. The molecule has 0 saturated heterocycles. The van der Waals surface area contributed by atoms with Gasteiger partial charge in [0.25, 0.3) is 5.82 Å². The Morgan fingerprint density at radius 3 is 1.88 bits per heavy atom. The average molecular weight is 460 g/mol. The summed E-state index contributed by atoms with van der Waals surface area (Å²) in [6.45, 7) is 4.78. The Hall–Kier alpha value is -2.35. The lowest BCUT2D eigenvalue weighted by atomic mass is 9.66. The lowest BCUT2D eigenvalue weighted by Crippen LogP contribution is -2.41. The molecule has 1 N–H and O–H groups in total. The molecule has 2 nitrogen and oxygen atoms in total. The molecule has 1 heterocycles. The molecule has 184 valence electrons. The van der Waals surface area contributed by atoms with Crippen LogP contribution in [-0.2, 0) is 18.9 Å². The van der Waals surface area contributed by atoms with Gasteiger partial charge >= 0.3 is 0 Å². The zero-order chi connectivity index (χ0) is 24.1. The summed E-state index contributed by atoms with van der Waals surface area (Å²) in [4.78, 5) is 3.62. The minimum absolute atomic E-state index is 0.0184. The van der Waals surface area contributed by atoms with Gasteiger partial charge in [-0.15, -0.1) is 0 Å². The Bertz CT molecular complexity index is 914. The first kappa shape index (κ1) is 26.3. The third kappa shape index (κ3) is 7.58. The highest BCUT2D eigenvalue weighted by Gasteiger charge is 2.41. The van der Waals surface area contributed by atoms with Crippen LogP contribution in [0.25, 0.3) is 0 Å². The highest BCUT2D eigenvalue weighted by atomic mass is 15.0. The van der Waals surface area contributed by atoms with Gasteiger partial charge < -0.3 is 0 Å². The molecule has 0 aliphatic rings. The van der Waals surface area contributed by atoms with Gasteiger partial charge in [-0.1, -0.05) is 139 Å². The molecule has 0 radical (unpaired) electrons. The minimum Gasteiger partial charge on any atom is -0.247 e. The normalized spacial score (nSPS) is 14.1. The van der Waals surface area contributed by atoms with Crippen LogP contribution in [0.2, 0.25) is 0 Å². The standard InChI is InChI=1S/C32H46N2/c1-4-5-6-7-8-9-10-11-12-19-24-30(31-33-25-26-34(31)3)32(2,29-22-17-14-18-23-29)27-28-20-15-13-16-21-28/h13-18,20-23,25-26,30H,4-12,19,24,27H2,1-3H3/p+1. The fourth-order valence-corrected chi connectivity index (χ4v) is 5.62. The SMILES string of the molecule is CCCCCCCCCCCCC(c1[nH]cc[n+]1C)C(C)(Cc1ccccc1)c1ccccc1. The fourth-order valence-electron chi connectivity index (χ4n) is 5.62. The van der Waals surface area contributed by atoms with Crippen LogP contribution in [0.4, 0.5) is 0 Å². The number of nitrogens with one attached hydrogen (secondary N) is 1. The van der Waals surface area contributed by atoms with Gasteiger partial charge in [0.15, 0.2) is 0 Å². The molecule has 3 rings (SSSR count). The van der Waals surface area contributed by atoms with Gasteiger partial charge in [0, 0.05) is 5.41 Å². The summed E-state index contributed by atoms with van der Waals surface area (Å²) in [5.41, 5.74) is 2.87. The molecule has 0 aliphatic carbocycles. The summed E-state index contributed by atoms with van der Waals surface area (Å²) >= 11 is 0. The van der Waals surface area contributed by atoms with E-state index in [2.05, 4.69) is 104 Å². The Kier molecular flexibility index (Phi) is 10.9. The van der Waals surface area contributed by atoms with E-state index in [0.717, 1.165) is 6.42 Å². The lowest BCUT2D eigenvalue weighted by molar-refractivity contribution is -0.679. The van der Waals surface area contributed by atoms with E-state index in [0.29, 0.717) is 5.92 Å². The molecule has 2 aromatic carbocycles. The number of hydrogen-bond donors (Lipinski definition) is 1. The number of hydrogen-bond acceptors (Lipinski definition) is 0. The maximum absolute atomic E-state index is 3.62. The molecule has 0 fully saturated rings. The van der Waals surface area contributed by atoms with Gasteiger partial charge in [-0.3, -0.25) is 0 Å². The summed E-state index contributed by atoms with van der Waals surface area (Å²) in [7, 11) is 2.19. The maximum Gasteiger partial charge on any atom is 0.258 e. The molecular formula is C32H47N2+. The summed E-state index contributed by atoms with van der Waals surface area (Å²) in [6, 6.07) is 22.2. The Morgan fingerprint density at radius 2 is 1.32 bits per heavy atom. The number of H-pyrrole nitrogens is 1. The number of aromatic nitrogens is 2. The van der Waals surface area contributed by atoms with Crippen molar-refractivity contribution in [2.24, 2.45) is 7.05 Å². The molecule has 3 aromatic rings. The molecule has 0 aliphatic heterocycles. The molecule has 0 saturated carbocycles. The second-order valence-electron chi connectivity index (χ2n) is 10.4. The van der Waals surface area contributed by atoms with Crippen LogP contribution in [-0.4, -0.2) is 4.98 Å². The summed E-state index contributed by atoms with van der Waals surface area (Å²) < 4.78 is 2.30. The third-order valence-electron chi connectivity index (χ3n) is 7.70. The number of unbranched alkanes of at least 4 members (excludes halogenated alkanes) is 9. The smallest absolute Gasteiger partial charge is 0.247 e. The van der Waals surface area contributed by atoms with Crippen molar-refractivity contribution in [2.75, 3.05) is 0 Å². The van der Waals surface area contributed by atoms with E-state index in [1.54, 1.807) is 0 Å². The van der Waals surface area contributed by atoms with Crippen molar-refractivity contribution in [2.45, 2.75) is 102 Å². The van der Waals surface area contributed by atoms with Crippen molar-refractivity contribution in [3.05, 3.63) is 90.0 Å². The van der Waals surface area contributed by atoms with Gasteiger partial charge in [0.05, 0.1) is 13.0 Å². The van der Waals surface area contributed by atoms with Crippen LogP contribution >= 0.6 is 0 Å². The van der Waals surface area contributed by atoms with Crippen molar-refractivity contribution in [1.29, 1.82) is 0 Å². The molecule has 0 bridgehead atoms. The highest BCUT2D eigenvalue weighted by Crippen LogP contribution is 2.43. The van der Waals surface area contributed by atoms with Crippen molar-refractivity contribution in [1.82, 2.24) is 4.98 Å². The van der Waals surface area contributed by atoms with E-state index in [-0.39, 0.29) is 5.41 Å². The number of benzene rings is 2. The van der Waals surface area contributed by atoms with Gasteiger partial charge in [-0.25, -0.2) is 9.55 Å². The Morgan fingerprint density at radius 1 is 0.765 bits per heavy atom. The average Bonchev–Trinajstić information content (AvgIpc) is 3.29. The number of aromatic amines is 1. The summed E-state index contributed by atoms with van der Waals surface area (Å²) in [5, 5.41) is 0. The number of nitrogens with zero attached hydrogens (tertiary/aromatic N) is 1. The minimum atomic E-state index is 0.0184. The predicted octanol–water partition coefficient (Wildman–Crippen LogP) is 8.43. The number of aryl methyl sites for hydroxylation is 1. The molecule has 0 amide bonds. The van der Waals surface area contributed by atoms with Crippen LogP contribution in [0.5, 0.6) is 0 Å². The topological polar surface area (TPSA) is 19.7 Å². The van der Waals surface area contributed by atoms with Gasteiger partial charge in [-0.05, 0) is 24.0 Å². The predicted molar refractivity (Wildman–Crippen MR) is 145 cm³/mol. The van der Waals surface area contributed by atoms with Crippen molar-refractivity contribution < 1.29 is 4.57 Å². The molecule has 34 heavy (non-hydrogen) atoms. The van der Waals surface area contributed by atoms with Crippen molar-refractivity contribution in [3.63, 3.8) is 0 Å². The monoisotopic (exact) mass is 459 g/mol. The number of imidazole rings is 1. The molecule has 2 heteroatoms. The first-order chi connectivity index (χ1) is 16.6. The van der Waals surface area contributed by atoms with E-state index in [1.807, 2.05) is 0 Å². The molecule has 2 atom stereocenters. The summed E-state index contributed by atoms with van der Waals surface area (Å²) in [6.07, 6.45) is 20.3. The van der Waals surface area contributed by atoms with Crippen molar-refractivity contribution >= 4 is 0 Å². The van der Waals surface area contributed by atoms with Gasteiger partial charge in [0.2, 0.25) is 0 Å². The molecule has 2 unspecified atom stereocenters. The number of rotatable bonds is 16. The van der Waals surface area contributed by atoms with Crippen LogP contribution in [0, 0.1) is 0 Å². The van der Waals surface area contributed by atoms with E-state index < -0.39 is 0 Å². The van der Waals surface area contributed by atoms with E-state index in [4.69, 9.17) is 0 Å². The van der Waals surface area contributed by atoms with E-state index >= 15 is 0 Å². The molecular weight excluding hydrogens is 412 g/mol. The molecule has 0 spiro atoms. The van der Waals surface area contributed by atoms with Gasteiger partial charge in [0.1, 0.15) is 12.4 Å². The quantitative estimate of drug-likeness (QED) is 0.164. The first-order valence-electron chi connectivity index (χ1n) is 13.8. The fraction of sp³-hybridized carbons (Fsp3) is 0.531. The second-order valence-corrected chi connectivity index (χ2v) is 10.4. The first-order valence-corrected chi connectivity index (χ1v) is 13.8. The van der Waals surface area contributed by atoms with Crippen LogP contribution in [0.3, 0.4) is 0 Å². The highest BCUT2D eigenvalue weighted by molar-refractivity contribution is 5.32. The van der Waals surface area contributed by atoms with E-state index in [9.17, 15) is 0 Å². The van der Waals surface area contributed by atoms with Crippen LogP contribution in [0.15, 0.2) is 73.1 Å². The molecule has 1 aromatic heterocycles. The van der Waals surface area contributed by atoms with Gasteiger partial charge in [-0.2, -0.15) is 0 Å².